The number of carbonyl (C=O) groups is 2. The van der Waals surface area contributed by atoms with E-state index >= 15 is 0 Å². The summed E-state index contributed by atoms with van der Waals surface area (Å²) in [5, 5.41) is 18.6. The predicted molar refractivity (Wildman–Crippen MR) is 98.5 cm³/mol. The van der Waals surface area contributed by atoms with Crippen LogP contribution < -0.4 is 4.74 Å². The van der Waals surface area contributed by atoms with Gasteiger partial charge in [-0.25, -0.2) is 9.59 Å². The van der Waals surface area contributed by atoms with Crippen LogP contribution in [0, 0.1) is 0 Å². The van der Waals surface area contributed by atoms with Crippen LogP contribution in [0.1, 0.15) is 10.4 Å². The summed E-state index contributed by atoms with van der Waals surface area (Å²) in [5.74, 6) is -0.657. The van der Waals surface area contributed by atoms with Crippen molar-refractivity contribution in [2.24, 2.45) is 0 Å². The van der Waals surface area contributed by atoms with E-state index < -0.39 is 11.9 Å². The van der Waals surface area contributed by atoms with E-state index in [0.717, 1.165) is 6.08 Å². The van der Waals surface area contributed by atoms with E-state index in [1.807, 2.05) is 0 Å². The maximum atomic E-state index is 12.1. The fourth-order valence-corrected chi connectivity index (χ4v) is 2.36. The van der Waals surface area contributed by atoms with Crippen molar-refractivity contribution < 1.29 is 28.9 Å². The van der Waals surface area contributed by atoms with Gasteiger partial charge in [0.15, 0.2) is 0 Å². The molecule has 0 aliphatic carbocycles. The van der Waals surface area contributed by atoms with Gasteiger partial charge in [0.2, 0.25) is 0 Å². The molecular weight excluding hydrogens is 366 g/mol. The summed E-state index contributed by atoms with van der Waals surface area (Å²) in [5.41, 5.74) is 1.57. The van der Waals surface area contributed by atoms with Crippen molar-refractivity contribution >= 4 is 23.0 Å². The first kappa shape index (κ1) is 18.9. The topological polar surface area (TPSA) is 113 Å². The highest BCUT2D eigenvalue weighted by molar-refractivity contribution is 5.93. The van der Waals surface area contributed by atoms with Gasteiger partial charge in [0.1, 0.15) is 41.4 Å². The van der Waals surface area contributed by atoms with Crippen molar-refractivity contribution in [2.75, 3.05) is 20.3 Å². The molecule has 9 heteroatoms. The van der Waals surface area contributed by atoms with E-state index in [2.05, 4.69) is 16.8 Å². The molecule has 1 heterocycles. The lowest BCUT2D eigenvalue weighted by Crippen LogP contribution is -2.12. The maximum absolute atomic E-state index is 12.1. The van der Waals surface area contributed by atoms with Crippen LogP contribution in [0.2, 0.25) is 0 Å². The SMILES string of the molecule is C=CC(=O)OCCOC(=O)c1ccc2nn(-c3cc(OC)ccc3O)nc2c1. The van der Waals surface area contributed by atoms with Gasteiger partial charge < -0.3 is 19.3 Å². The quantitative estimate of drug-likeness (QED) is 0.375. The van der Waals surface area contributed by atoms with Crippen LogP contribution >= 0.6 is 0 Å². The number of benzene rings is 2. The molecule has 0 bridgehead atoms. The van der Waals surface area contributed by atoms with Gasteiger partial charge in [-0.1, -0.05) is 6.58 Å². The molecule has 0 amide bonds. The number of fused-ring (bicyclic) bond motifs is 1. The van der Waals surface area contributed by atoms with Crippen LogP contribution in [0.15, 0.2) is 49.1 Å². The van der Waals surface area contributed by atoms with E-state index in [9.17, 15) is 14.7 Å². The molecule has 0 fully saturated rings. The lowest BCUT2D eigenvalue weighted by atomic mass is 10.2. The number of phenolic OH excluding ortho intramolecular Hbond substituents is 1. The molecule has 144 valence electrons. The summed E-state index contributed by atoms with van der Waals surface area (Å²) in [7, 11) is 1.51. The largest absolute Gasteiger partial charge is 0.506 e. The second-order valence-electron chi connectivity index (χ2n) is 5.56. The van der Waals surface area contributed by atoms with Crippen molar-refractivity contribution in [3.05, 3.63) is 54.6 Å². The third kappa shape index (κ3) is 4.09. The van der Waals surface area contributed by atoms with E-state index in [-0.39, 0.29) is 24.5 Å². The number of rotatable bonds is 7. The summed E-state index contributed by atoms with van der Waals surface area (Å²) < 4.78 is 14.9. The van der Waals surface area contributed by atoms with Crippen LogP contribution in [-0.4, -0.2) is 52.4 Å². The number of esters is 2. The molecule has 9 nitrogen and oxygen atoms in total. The van der Waals surface area contributed by atoms with Crippen molar-refractivity contribution in [1.82, 2.24) is 15.0 Å². The summed E-state index contributed by atoms with van der Waals surface area (Å²) in [6.45, 7) is 3.12. The Morgan fingerprint density at radius 2 is 1.86 bits per heavy atom. The smallest absolute Gasteiger partial charge is 0.338 e. The lowest BCUT2D eigenvalue weighted by Gasteiger charge is -2.05. The van der Waals surface area contributed by atoms with Crippen LogP contribution in [0.3, 0.4) is 0 Å². The van der Waals surface area contributed by atoms with Gasteiger partial charge in [-0.2, -0.15) is 0 Å². The lowest BCUT2D eigenvalue weighted by molar-refractivity contribution is -0.138. The zero-order chi connectivity index (χ0) is 20.1. The van der Waals surface area contributed by atoms with Crippen LogP contribution in [0.4, 0.5) is 0 Å². The third-order valence-electron chi connectivity index (χ3n) is 3.74. The van der Waals surface area contributed by atoms with Gasteiger partial charge in [-0.3, -0.25) is 0 Å². The number of carbonyl (C=O) groups excluding carboxylic acids is 2. The minimum absolute atomic E-state index is 0.0187. The van der Waals surface area contributed by atoms with Crippen molar-refractivity contribution in [2.45, 2.75) is 0 Å². The fourth-order valence-electron chi connectivity index (χ4n) is 2.36. The van der Waals surface area contributed by atoms with Crippen molar-refractivity contribution in [3.63, 3.8) is 0 Å². The Morgan fingerprint density at radius 1 is 1.11 bits per heavy atom. The van der Waals surface area contributed by atoms with Crippen molar-refractivity contribution in [3.8, 4) is 17.2 Å². The molecule has 2 aromatic carbocycles. The molecular formula is C19H17N3O6. The highest BCUT2D eigenvalue weighted by Crippen LogP contribution is 2.26. The Balaban J connectivity index is 1.77. The maximum Gasteiger partial charge on any atom is 0.338 e. The average molecular weight is 383 g/mol. The summed E-state index contributed by atoms with van der Waals surface area (Å²) >= 11 is 0. The highest BCUT2D eigenvalue weighted by Gasteiger charge is 2.13. The Labute approximate surface area is 159 Å². The van der Waals surface area contributed by atoms with E-state index in [4.69, 9.17) is 14.2 Å². The summed E-state index contributed by atoms with van der Waals surface area (Å²) in [6.07, 6.45) is 1.03. The zero-order valence-electron chi connectivity index (χ0n) is 15.0. The second-order valence-corrected chi connectivity index (χ2v) is 5.56. The normalized spacial score (nSPS) is 10.5. The third-order valence-corrected chi connectivity index (χ3v) is 3.74. The molecule has 0 unspecified atom stereocenters. The number of aromatic nitrogens is 3. The first-order valence-electron chi connectivity index (χ1n) is 8.22. The average Bonchev–Trinajstić information content (AvgIpc) is 3.14. The number of ether oxygens (including phenoxy) is 3. The Bertz CT molecular complexity index is 1040. The molecule has 0 radical (unpaired) electrons. The number of hydrogen-bond donors (Lipinski definition) is 1. The van der Waals surface area contributed by atoms with Gasteiger partial charge in [-0.05, 0) is 30.3 Å². The molecule has 0 saturated carbocycles. The van der Waals surface area contributed by atoms with Gasteiger partial charge in [-0.15, -0.1) is 15.0 Å². The van der Waals surface area contributed by atoms with Gasteiger partial charge >= 0.3 is 11.9 Å². The summed E-state index contributed by atoms with van der Waals surface area (Å²) in [4.78, 5) is 24.3. The molecule has 0 aliphatic rings. The Hall–Kier alpha value is -3.88. The molecule has 1 N–H and O–H groups in total. The number of hydrogen-bond acceptors (Lipinski definition) is 8. The second kappa shape index (κ2) is 8.21. The van der Waals surface area contributed by atoms with Gasteiger partial charge in [0, 0.05) is 12.1 Å². The van der Waals surface area contributed by atoms with E-state index in [0.29, 0.717) is 22.5 Å². The minimum atomic E-state index is -0.588. The van der Waals surface area contributed by atoms with Crippen LogP contribution in [-0.2, 0) is 14.3 Å². The summed E-state index contributed by atoms with van der Waals surface area (Å²) in [6, 6.07) is 9.37. The molecule has 0 atom stereocenters. The van der Waals surface area contributed by atoms with E-state index in [1.165, 1.54) is 24.0 Å². The Kier molecular flexibility index (Phi) is 5.54. The zero-order valence-corrected chi connectivity index (χ0v) is 15.0. The minimum Gasteiger partial charge on any atom is -0.506 e. The molecule has 0 aliphatic heterocycles. The predicted octanol–water partition coefficient (Wildman–Crippen LogP) is 2.02. The number of nitrogens with zero attached hydrogens (tertiary/aromatic N) is 3. The molecule has 28 heavy (non-hydrogen) atoms. The van der Waals surface area contributed by atoms with Crippen molar-refractivity contribution in [1.29, 1.82) is 0 Å². The number of phenols is 1. The molecule has 0 spiro atoms. The van der Waals surface area contributed by atoms with Crippen LogP contribution in [0.25, 0.3) is 16.7 Å². The number of methoxy groups -OCH3 is 1. The molecule has 1 aromatic heterocycles. The first-order valence-corrected chi connectivity index (χ1v) is 8.22. The molecule has 3 rings (SSSR count). The fraction of sp³-hybridized carbons (Fsp3) is 0.158. The Morgan fingerprint density at radius 3 is 2.61 bits per heavy atom. The van der Waals surface area contributed by atoms with Gasteiger partial charge in [0.25, 0.3) is 0 Å². The molecule has 3 aromatic rings. The number of aromatic hydroxyl groups is 1. The van der Waals surface area contributed by atoms with Gasteiger partial charge in [0.05, 0.1) is 12.7 Å². The molecule has 0 saturated heterocycles. The van der Waals surface area contributed by atoms with E-state index in [1.54, 1.807) is 24.3 Å². The van der Waals surface area contributed by atoms with Crippen LogP contribution in [0.5, 0.6) is 11.5 Å². The monoisotopic (exact) mass is 383 g/mol. The standard InChI is InChI=1S/C19H17N3O6/c1-3-18(24)27-8-9-28-19(25)12-4-6-14-15(10-12)21-22(20-14)16-11-13(26-2)5-7-17(16)23/h3-7,10-11,23H,1,8-9H2,2H3. The highest BCUT2D eigenvalue weighted by atomic mass is 16.6. The first-order chi connectivity index (χ1) is 13.5.